The summed E-state index contributed by atoms with van der Waals surface area (Å²) in [5, 5.41) is 12.9. The lowest BCUT2D eigenvalue weighted by Crippen LogP contribution is -2.38. The van der Waals surface area contributed by atoms with Gasteiger partial charge in [-0.05, 0) is 25.7 Å². The summed E-state index contributed by atoms with van der Waals surface area (Å²) in [4.78, 5) is 31.0. The molecule has 5 N–H and O–H groups in total. The normalized spacial score (nSPS) is 17.7. The molecule has 0 saturated heterocycles. The van der Waals surface area contributed by atoms with E-state index in [9.17, 15) is 14.7 Å². The molecule has 2 aliphatic rings. The minimum atomic E-state index is -1.32. The number of aliphatic hydroxyl groups is 1. The van der Waals surface area contributed by atoms with E-state index in [2.05, 4.69) is 15.3 Å². The quantitative estimate of drug-likeness (QED) is 0.300. The molecule has 0 spiro atoms. The predicted octanol–water partition coefficient (Wildman–Crippen LogP) is 0.320. The molecule has 3 rings (SSSR count). The highest BCUT2D eigenvalue weighted by molar-refractivity contribution is 5.70. The maximum absolute atomic E-state index is 11.7. The molecular formula is C15H23N5O6. The highest BCUT2D eigenvalue weighted by Crippen LogP contribution is 2.27. The van der Waals surface area contributed by atoms with E-state index in [1.807, 2.05) is 0 Å². The molecule has 1 saturated carbocycles. The average Bonchev–Trinajstić information content (AvgIpc) is 3.23. The smallest absolute Gasteiger partial charge is 0.434 e. The Balaban J connectivity index is 1.37. The third-order valence-electron chi connectivity index (χ3n) is 4.22. The molecule has 1 atom stereocenters. The Bertz CT molecular complexity index is 690. The van der Waals surface area contributed by atoms with Gasteiger partial charge in [-0.2, -0.15) is 4.98 Å². The molecule has 1 aliphatic carbocycles. The Kier molecular flexibility index (Phi) is 5.78. The van der Waals surface area contributed by atoms with Gasteiger partial charge in [0, 0.05) is 6.42 Å². The summed E-state index contributed by atoms with van der Waals surface area (Å²) < 4.78 is 15.4. The Morgan fingerprint density at radius 3 is 2.92 bits per heavy atom. The first-order chi connectivity index (χ1) is 12.5. The van der Waals surface area contributed by atoms with E-state index in [0.717, 1.165) is 25.7 Å². The van der Waals surface area contributed by atoms with Crippen molar-refractivity contribution in [2.24, 2.45) is 0 Å². The van der Waals surface area contributed by atoms with Crippen molar-refractivity contribution in [3.05, 3.63) is 10.4 Å². The second-order valence-electron chi connectivity index (χ2n) is 6.13. The number of H-pyrrole nitrogens is 1. The average molecular weight is 369 g/mol. The summed E-state index contributed by atoms with van der Waals surface area (Å²) in [5.41, 5.74) is 5.32. The molecule has 11 heteroatoms. The predicted molar refractivity (Wildman–Crippen MR) is 91.5 cm³/mol. The second kappa shape index (κ2) is 8.23. The molecule has 11 nitrogen and oxygen atoms in total. The summed E-state index contributed by atoms with van der Waals surface area (Å²) in [6, 6.07) is 0. The molecule has 26 heavy (non-hydrogen) atoms. The highest BCUT2D eigenvalue weighted by Gasteiger charge is 2.29. The maximum Gasteiger partial charge on any atom is 0.508 e. The Morgan fingerprint density at radius 2 is 2.15 bits per heavy atom. The fourth-order valence-corrected chi connectivity index (χ4v) is 2.94. The first kappa shape index (κ1) is 18.3. The van der Waals surface area contributed by atoms with Crippen LogP contribution in [-0.4, -0.2) is 53.6 Å². The standard InChI is InChI=1S/C15H23N5O6/c16-13-18-11-10(12(21)19-13)17-8-20(11)14(22)24-6-3-7-25-15(23)26-9-4-1-2-5-9/h9,14,17,22H,1-8H2,(H3,16,18,19,21). The van der Waals surface area contributed by atoms with Crippen molar-refractivity contribution in [1.29, 1.82) is 0 Å². The number of anilines is 3. The number of aromatic nitrogens is 2. The van der Waals surface area contributed by atoms with Gasteiger partial charge in [-0.25, -0.2) is 4.79 Å². The SMILES string of the molecule is Nc1nc2c(c(=O)[nH]1)NCN2C(O)OCCCOC(=O)OC1CCCC1. The van der Waals surface area contributed by atoms with E-state index >= 15 is 0 Å². The van der Waals surface area contributed by atoms with Crippen LogP contribution in [0, 0.1) is 0 Å². The fourth-order valence-electron chi connectivity index (χ4n) is 2.94. The highest BCUT2D eigenvalue weighted by atomic mass is 16.7. The lowest BCUT2D eigenvalue weighted by molar-refractivity contribution is -0.101. The third-order valence-corrected chi connectivity index (χ3v) is 4.22. The van der Waals surface area contributed by atoms with Gasteiger partial charge in [-0.15, -0.1) is 0 Å². The molecule has 0 amide bonds. The van der Waals surface area contributed by atoms with E-state index < -0.39 is 18.1 Å². The number of hydrogen-bond donors (Lipinski definition) is 4. The van der Waals surface area contributed by atoms with Crippen molar-refractivity contribution >= 4 is 23.6 Å². The molecule has 0 radical (unpaired) electrons. The second-order valence-corrected chi connectivity index (χ2v) is 6.13. The molecule has 0 aromatic carbocycles. The van der Waals surface area contributed by atoms with Gasteiger partial charge in [0.25, 0.3) is 5.56 Å². The number of nitrogen functional groups attached to an aromatic ring is 1. The molecule has 0 bridgehead atoms. The molecular weight excluding hydrogens is 346 g/mol. The van der Waals surface area contributed by atoms with Crippen LogP contribution in [0.2, 0.25) is 0 Å². The topological polar surface area (TPSA) is 152 Å². The van der Waals surface area contributed by atoms with Crippen molar-refractivity contribution in [2.75, 3.05) is 35.8 Å². The van der Waals surface area contributed by atoms with Crippen LogP contribution < -0.4 is 21.5 Å². The Labute approximate surface area is 149 Å². The van der Waals surface area contributed by atoms with E-state index in [0.29, 0.717) is 6.42 Å². The zero-order valence-corrected chi connectivity index (χ0v) is 14.3. The van der Waals surface area contributed by atoms with Gasteiger partial charge in [0.15, 0.2) is 5.82 Å². The number of fused-ring (bicyclic) bond motifs is 1. The molecule has 2 heterocycles. The largest absolute Gasteiger partial charge is 0.508 e. The van der Waals surface area contributed by atoms with Crippen LogP contribution in [0.1, 0.15) is 32.1 Å². The van der Waals surface area contributed by atoms with Crippen LogP contribution >= 0.6 is 0 Å². The number of nitrogens with zero attached hydrogens (tertiary/aromatic N) is 2. The summed E-state index contributed by atoms with van der Waals surface area (Å²) in [6.07, 6.45) is 2.28. The van der Waals surface area contributed by atoms with Crippen LogP contribution in [-0.2, 0) is 14.2 Å². The van der Waals surface area contributed by atoms with Gasteiger partial charge >= 0.3 is 6.16 Å². The van der Waals surface area contributed by atoms with Crippen LogP contribution in [0.25, 0.3) is 0 Å². The van der Waals surface area contributed by atoms with E-state index in [1.54, 1.807) is 0 Å². The molecule has 1 aromatic heterocycles. The number of ether oxygens (including phenoxy) is 3. The van der Waals surface area contributed by atoms with Gasteiger partial charge in [-0.1, -0.05) is 0 Å². The van der Waals surface area contributed by atoms with Crippen molar-refractivity contribution < 1.29 is 24.1 Å². The minimum Gasteiger partial charge on any atom is -0.434 e. The van der Waals surface area contributed by atoms with E-state index in [-0.39, 0.29) is 43.4 Å². The zero-order chi connectivity index (χ0) is 18.5. The Hall–Kier alpha value is -2.53. The van der Waals surface area contributed by atoms with Crippen molar-refractivity contribution in [1.82, 2.24) is 9.97 Å². The van der Waals surface area contributed by atoms with Gasteiger partial charge in [0.05, 0.1) is 19.9 Å². The van der Waals surface area contributed by atoms with Gasteiger partial charge in [0.1, 0.15) is 11.8 Å². The lowest BCUT2D eigenvalue weighted by atomic mass is 10.3. The van der Waals surface area contributed by atoms with Crippen LogP contribution in [0.4, 0.5) is 22.2 Å². The van der Waals surface area contributed by atoms with Crippen LogP contribution in [0.15, 0.2) is 4.79 Å². The number of aromatic amines is 1. The molecule has 144 valence electrons. The number of nitrogens with two attached hydrogens (primary N) is 1. The van der Waals surface area contributed by atoms with Crippen molar-refractivity contribution in [2.45, 2.75) is 44.6 Å². The zero-order valence-electron chi connectivity index (χ0n) is 14.3. The number of hydrogen-bond acceptors (Lipinski definition) is 10. The summed E-state index contributed by atoms with van der Waals surface area (Å²) in [7, 11) is 0. The number of aliphatic hydroxyl groups excluding tert-OH is 1. The van der Waals surface area contributed by atoms with E-state index in [1.165, 1.54) is 4.90 Å². The van der Waals surface area contributed by atoms with Gasteiger partial charge in [-0.3, -0.25) is 14.7 Å². The maximum atomic E-state index is 11.7. The molecule has 1 aliphatic heterocycles. The summed E-state index contributed by atoms with van der Waals surface area (Å²) >= 11 is 0. The molecule has 1 aromatic rings. The van der Waals surface area contributed by atoms with Crippen LogP contribution in [0.3, 0.4) is 0 Å². The third kappa shape index (κ3) is 4.35. The lowest BCUT2D eigenvalue weighted by Gasteiger charge is -2.23. The monoisotopic (exact) mass is 369 g/mol. The molecule has 1 unspecified atom stereocenters. The molecule has 1 fully saturated rings. The first-order valence-electron chi connectivity index (χ1n) is 8.58. The van der Waals surface area contributed by atoms with Crippen molar-refractivity contribution in [3.63, 3.8) is 0 Å². The number of carbonyl (C=O) groups excluding carboxylic acids is 1. The summed E-state index contributed by atoms with van der Waals surface area (Å²) in [6.45, 7) is 0.417. The van der Waals surface area contributed by atoms with Gasteiger partial charge < -0.3 is 30.4 Å². The fraction of sp³-hybridized carbons (Fsp3) is 0.667. The van der Waals surface area contributed by atoms with E-state index in [4.69, 9.17) is 19.9 Å². The first-order valence-corrected chi connectivity index (χ1v) is 8.58. The van der Waals surface area contributed by atoms with Crippen LogP contribution in [0.5, 0.6) is 0 Å². The minimum absolute atomic E-state index is 0.0357. The Morgan fingerprint density at radius 1 is 1.38 bits per heavy atom. The van der Waals surface area contributed by atoms with Gasteiger partial charge in [0.2, 0.25) is 12.4 Å². The summed E-state index contributed by atoms with van der Waals surface area (Å²) in [5.74, 6) is 0.166. The van der Waals surface area contributed by atoms with Crippen molar-refractivity contribution in [3.8, 4) is 0 Å². The number of rotatable bonds is 7. The number of nitrogens with one attached hydrogen (secondary N) is 2. The number of carbonyl (C=O) groups is 1.